The van der Waals surface area contributed by atoms with Crippen LogP contribution in [0.2, 0.25) is 0 Å². The van der Waals surface area contributed by atoms with Crippen LogP contribution in [0.15, 0.2) is 40.7 Å². The number of thioether (sulfide) groups is 1. The van der Waals surface area contributed by atoms with Crippen molar-refractivity contribution in [3.8, 4) is 11.5 Å². The summed E-state index contributed by atoms with van der Waals surface area (Å²) < 4.78 is 15.7. The number of hydrogen-bond acceptors (Lipinski definition) is 9. The highest BCUT2D eigenvalue weighted by Gasteiger charge is 2.47. The zero-order valence-corrected chi connectivity index (χ0v) is 20.9. The van der Waals surface area contributed by atoms with E-state index in [0.717, 1.165) is 5.75 Å². The van der Waals surface area contributed by atoms with E-state index in [2.05, 4.69) is 5.32 Å². The van der Waals surface area contributed by atoms with Crippen LogP contribution in [0.3, 0.4) is 0 Å². The van der Waals surface area contributed by atoms with Crippen molar-refractivity contribution in [2.75, 3.05) is 32.3 Å². The van der Waals surface area contributed by atoms with Gasteiger partial charge < -0.3 is 24.6 Å². The third-order valence-electron chi connectivity index (χ3n) is 6.17. The summed E-state index contributed by atoms with van der Waals surface area (Å²) in [5.41, 5.74) is 2.45. The molecule has 0 aromatic heterocycles. The summed E-state index contributed by atoms with van der Waals surface area (Å²) in [6.45, 7) is 5.87. The maximum absolute atomic E-state index is 13.7. The fourth-order valence-electron chi connectivity index (χ4n) is 4.57. The molecule has 1 aromatic rings. The molecule has 1 aromatic carbocycles. The second-order valence-corrected chi connectivity index (χ2v) is 9.69. The van der Waals surface area contributed by atoms with Gasteiger partial charge in [-0.1, -0.05) is 19.9 Å². The van der Waals surface area contributed by atoms with E-state index in [9.17, 15) is 19.5 Å². The molecule has 8 nitrogen and oxygen atoms in total. The Labute approximate surface area is 203 Å². The van der Waals surface area contributed by atoms with Gasteiger partial charge in [0.15, 0.2) is 17.3 Å². The molecule has 2 N–H and O–H groups in total. The van der Waals surface area contributed by atoms with Crippen LogP contribution in [0.5, 0.6) is 11.5 Å². The molecule has 34 heavy (non-hydrogen) atoms. The summed E-state index contributed by atoms with van der Waals surface area (Å²) in [5.74, 6) is -1.82. The van der Waals surface area contributed by atoms with E-state index >= 15 is 0 Å². The molecule has 3 rings (SSSR count). The molecule has 0 spiro atoms. The van der Waals surface area contributed by atoms with Gasteiger partial charge in [0, 0.05) is 28.6 Å². The Hall–Kier alpha value is -2.94. The zero-order chi connectivity index (χ0) is 25.0. The largest absolute Gasteiger partial charge is 0.504 e. The SMILES string of the molecule is CCSCCOC(=O)C1=C(C)NC2=C(C(=O)[C@H](C(=O)OC)[C@H](C)C2)[C@H]1c1ccc(O)c(OC)c1. The number of carbonyl (C=O) groups is 3. The lowest BCUT2D eigenvalue weighted by Crippen LogP contribution is -2.43. The standard InChI is InChI=1S/C25H31NO7S/c1-6-34-10-9-33-25(30)20-14(3)26-16-11-13(2)19(24(29)32-5)23(28)22(16)21(20)15-7-8-17(27)18(12-15)31-4/h7-8,12-13,19,21,26-27H,6,9-11H2,1-5H3/t13-,19-,21+/m1/s1. The predicted molar refractivity (Wildman–Crippen MR) is 129 cm³/mol. The summed E-state index contributed by atoms with van der Waals surface area (Å²) in [5, 5.41) is 13.3. The Morgan fingerprint density at radius 3 is 2.65 bits per heavy atom. The van der Waals surface area contributed by atoms with Crippen LogP contribution in [-0.2, 0) is 23.9 Å². The zero-order valence-electron chi connectivity index (χ0n) is 20.1. The van der Waals surface area contributed by atoms with Crippen molar-refractivity contribution in [2.45, 2.75) is 33.1 Å². The lowest BCUT2D eigenvalue weighted by molar-refractivity contribution is -0.151. The Balaban J connectivity index is 2.12. The van der Waals surface area contributed by atoms with Crippen LogP contribution in [-0.4, -0.2) is 55.2 Å². The van der Waals surface area contributed by atoms with Crippen LogP contribution in [0.4, 0.5) is 0 Å². The molecule has 0 radical (unpaired) electrons. The Morgan fingerprint density at radius 1 is 1.26 bits per heavy atom. The summed E-state index contributed by atoms with van der Waals surface area (Å²) in [4.78, 5) is 39.4. The number of ketones is 1. The molecule has 1 aliphatic carbocycles. The number of phenolic OH excluding ortho intramolecular Hbond substituents is 1. The minimum atomic E-state index is -0.969. The highest BCUT2D eigenvalue weighted by molar-refractivity contribution is 7.99. The first-order valence-electron chi connectivity index (χ1n) is 11.2. The molecular weight excluding hydrogens is 458 g/mol. The monoisotopic (exact) mass is 489 g/mol. The molecule has 3 atom stereocenters. The number of phenols is 1. The van der Waals surface area contributed by atoms with Crippen molar-refractivity contribution in [1.82, 2.24) is 5.32 Å². The topological polar surface area (TPSA) is 111 Å². The smallest absolute Gasteiger partial charge is 0.336 e. The first-order chi connectivity index (χ1) is 16.2. The number of nitrogens with one attached hydrogen (secondary N) is 1. The second kappa shape index (κ2) is 11.0. The maximum Gasteiger partial charge on any atom is 0.336 e. The minimum Gasteiger partial charge on any atom is -0.504 e. The van der Waals surface area contributed by atoms with Crippen LogP contribution >= 0.6 is 11.8 Å². The summed E-state index contributed by atoms with van der Waals surface area (Å²) >= 11 is 1.66. The number of hydrogen-bond donors (Lipinski definition) is 2. The number of allylic oxidation sites excluding steroid dienone is 3. The number of Topliss-reactive ketones (excluding diaryl/α,β-unsaturated/α-hetero) is 1. The van der Waals surface area contributed by atoms with Gasteiger partial charge in [-0.15, -0.1) is 0 Å². The number of benzene rings is 1. The molecule has 0 saturated heterocycles. The van der Waals surface area contributed by atoms with Gasteiger partial charge in [0.25, 0.3) is 0 Å². The van der Waals surface area contributed by atoms with E-state index in [1.807, 2.05) is 13.8 Å². The van der Waals surface area contributed by atoms with Crippen LogP contribution in [0.1, 0.15) is 38.7 Å². The van der Waals surface area contributed by atoms with Gasteiger partial charge in [0.2, 0.25) is 0 Å². The van der Waals surface area contributed by atoms with Crippen LogP contribution in [0.25, 0.3) is 0 Å². The van der Waals surface area contributed by atoms with Gasteiger partial charge in [0.05, 0.1) is 19.8 Å². The first kappa shape index (κ1) is 25.7. The molecule has 9 heteroatoms. The number of esters is 2. The third kappa shape index (κ3) is 4.94. The molecule has 1 heterocycles. The predicted octanol–water partition coefficient (Wildman–Crippen LogP) is 3.31. The summed E-state index contributed by atoms with van der Waals surface area (Å²) in [7, 11) is 2.68. The second-order valence-electron chi connectivity index (χ2n) is 8.30. The van der Waals surface area contributed by atoms with Gasteiger partial charge in [0.1, 0.15) is 12.5 Å². The highest BCUT2D eigenvalue weighted by atomic mass is 32.2. The molecule has 184 valence electrons. The number of rotatable bonds is 8. The number of aromatic hydroxyl groups is 1. The molecule has 0 amide bonds. The Kier molecular flexibility index (Phi) is 8.30. The average molecular weight is 490 g/mol. The van der Waals surface area contributed by atoms with Gasteiger partial charge >= 0.3 is 11.9 Å². The maximum atomic E-state index is 13.7. The molecule has 2 aliphatic rings. The van der Waals surface area contributed by atoms with E-state index in [4.69, 9.17) is 14.2 Å². The fraction of sp³-hybridized carbons (Fsp3) is 0.480. The third-order valence-corrected chi connectivity index (χ3v) is 7.03. The van der Waals surface area contributed by atoms with E-state index in [-0.39, 0.29) is 29.8 Å². The van der Waals surface area contributed by atoms with E-state index in [1.54, 1.807) is 30.8 Å². The minimum absolute atomic E-state index is 0.0631. The van der Waals surface area contributed by atoms with Gasteiger partial charge in [-0.3, -0.25) is 9.59 Å². The van der Waals surface area contributed by atoms with Gasteiger partial charge in [-0.25, -0.2) is 4.79 Å². The molecule has 0 saturated carbocycles. The summed E-state index contributed by atoms with van der Waals surface area (Å²) in [6, 6.07) is 4.70. The number of carbonyl (C=O) groups excluding carboxylic acids is 3. The normalized spacial score (nSPS) is 22.1. The van der Waals surface area contributed by atoms with Crippen molar-refractivity contribution in [2.24, 2.45) is 11.8 Å². The number of ether oxygens (including phenoxy) is 3. The Bertz CT molecular complexity index is 1050. The Morgan fingerprint density at radius 2 is 2.00 bits per heavy atom. The van der Waals surface area contributed by atoms with Crippen molar-refractivity contribution in [1.29, 1.82) is 0 Å². The molecule has 0 fully saturated rings. The summed E-state index contributed by atoms with van der Waals surface area (Å²) in [6.07, 6.45) is 0.444. The van der Waals surface area contributed by atoms with E-state index in [1.165, 1.54) is 20.3 Å². The molecule has 0 unspecified atom stereocenters. The van der Waals surface area contributed by atoms with E-state index in [0.29, 0.717) is 40.3 Å². The van der Waals surface area contributed by atoms with Crippen LogP contribution in [0, 0.1) is 11.8 Å². The molecule has 0 bridgehead atoms. The van der Waals surface area contributed by atoms with E-state index < -0.39 is 23.8 Å². The van der Waals surface area contributed by atoms with Gasteiger partial charge in [-0.2, -0.15) is 11.8 Å². The van der Waals surface area contributed by atoms with Crippen molar-refractivity contribution in [3.63, 3.8) is 0 Å². The van der Waals surface area contributed by atoms with Crippen molar-refractivity contribution < 1.29 is 33.7 Å². The van der Waals surface area contributed by atoms with Crippen molar-refractivity contribution >= 4 is 29.5 Å². The first-order valence-corrected chi connectivity index (χ1v) is 12.3. The van der Waals surface area contributed by atoms with Crippen molar-refractivity contribution in [3.05, 3.63) is 46.3 Å². The molecular formula is C25H31NO7S. The number of dihydropyridines is 1. The quantitative estimate of drug-likeness (QED) is 0.323. The van der Waals surface area contributed by atoms with Crippen LogP contribution < -0.4 is 10.1 Å². The highest BCUT2D eigenvalue weighted by Crippen LogP contribution is 2.46. The fourth-order valence-corrected chi connectivity index (χ4v) is 5.06. The lowest BCUT2D eigenvalue weighted by atomic mass is 9.69. The number of methoxy groups -OCH3 is 2. The average Bonchev–Trinajstić information content (AvgIpc) is 2.81. The molecule has 1 aliphatic heterocycles. The lowest BCUT2D eigenvalue weighted by Gasteiger charge is -2.38. The van der Waals surface area contributed by atoms with Gasteiger partial charge in [-0.05, 0) is 42.7 Å².